The van der Waals surface area contributed by atoms with Crippen molar-refractivity contribution >= 4 is 45.6 Å². The van der Waals surface area contributed by atoms with Crippen LogP contribution in [0.2, 0.25) is 0 Å². The zero-order valence-corrected chi connectivity index (χ0v) is 19.3. The summed E-state index contributed by atoms with van der Waals surface area (Å²) in [6.07, 6.45) is 0. The van der Waals surface area contributed by atoms with Gasteiger partial charge in [-0.3, -0.25) is 9.71 Å². The number of nitrogens with one attached hydrogen (secondary N) is 2. The molecule has 0 aliphatic carbocycles. The van der Waals surface area contributed by atoms with E-state index in [0.29, 0.717) is 18.1 Å². The summed E-state index contributed by atoms with van der Waals surface area (Å²) in [7, 11) is -0.0818. The fraction of sp³-hybridized carbons (Fsp3) is 0.316. The second-order valence-corrected chi connectivity index (χ2v) is 8.04. The lowest BCUT2D eigenvalue weighted by Crippen LogP contribution is -2.41. The highest BCUT2D eigenvalue weighted by Gasteiger charge is 2.13. The molecule has 0 amide bonds. The Morgan fingerprint density at radius 3 is 2.46 bits per heavy atom. The third kappa shape index (κ3) is 7.63. The van der Waals surface area contributed by atoms with Gasteiger partial charge >= 0.3 is 0 Å². The van der Waals surface area contributed by atoms with Crippen LogP contribution in [0.15, 0.2) is 53.5 Å². The summed E-state index contributed by atoms with van der Waals surface area (Å²) in [4.78, 5) is 6.08. The first-order valence-corrected chi connectivity index (χ1v) is 10.2. The Kier molecular flexibility index (Phi) is 9.66. The fourth-order valence-corrected chi connectivity index (χ4v) is 3.46. The third-order valence-electron chi connectivity index (χ3n) is 3.94. The average molecular weight is 520 g/mol. The monoisotopic (exact) mass is 520 g/mol. The molecule has 0 aliphatic heterocycles. The number of aliphatic imine (C=N–C) groups is 1. The van der Waals surface area contributed by atoms with Gasteiger partial charge in [-0.2, -0.15) is 0 Å². The largest absolute Gasteiger partial charge is 0.355 e. The number of hydrogen-bond acceptors (Lipinski definition) is 3. The molecule has 0 bridgehead atoms. The maximum Gasteiger partial charge on any atom is 0.234 e. The van der Waals surface area contributed by atoms with E-state index in [2.05, 4.69) is 15.0 Å². The van der Waals surface area contributed by atoms with Crippen LogP contribution in [-0.2, 0) is 16.6 Å². The molecule has 2 N–H and O–H groups in total. The minimum Gasteiger partial charge on any atom is -0.355 e. The molecule has 0 saturated carbocycles. The van der Waals surface area contributed by atoms with Crippen molar-refractivity contribution in [2.45, 2.75) is 13.5 Å². The Labute approximate surface area is 183 Å². The molecule has 0 heterocycles. The van der Waals surface area contributed by atoms with Gasteiger partial charge in [0.1, 0.15) is 5.82 Å². The van der Waals surface area contributed by atoms with Crippen LogP contribution < -0.4 is 10.0 Å². The maximum absolute atomic E-state index is 13.6. The van der Waals surface area contributed by atoms with Gasteiger partial charge in [0.25, 0.3) is 0 Å². The predicted molar refractivity (Wildman–Crippen MR) is 123 cm³/mol. The van der Waals surface area contributed by atoms with Gasteiger partial charge in [0, 0.05) is 27.2 Å². The van der Waals surface area contributed by atoms with E-state index < -0.39 is 15.8 Å². The molecule has 154 valence electrons. The van der Waals surface area contributed by atoms with Crippen molar-refractivity contribution in [1.29, 1.82) is 0 Å². The lowest BCUT2D eigenvalue weighted by molar-refractivity contribution is 0.479. The zero-order valence-electron chi connectivity index (χ0n) is 16.1. The molecule has 0 atom stereocenters. The van der Waals surface area contributed by atoms with Gasteiger partial charge in [-0.15, -0.1) is 24.0 Å². The van der Waals surface area contributed by atoms with Gasteiger partial charge in [0.05, 0.1) is 11.4 Å². The number of rotatable bonds is 7. The van der Waals surface area contributed by atoms with Gasteiger partial charge < -0.3 is 10.2 Å². The molecule has 0 radical (unpaired) electrons. The number of nitrogens with zero attached hydrogens (tertiary/aromatic N) is 2. The number of hydrogen-bond donors (Lipinski definition) is 2. The van der Waals surface area contributed by atoms with Crippen molar-refractivity contribution in [2.75, 3.05) is 31.1 Å². The van der Waals surface area contributed by atoms with Crippen LogP contribution in [-0.4, -0.2) is 45.7 Å². The minimum atomic E-state index is -3.61. The number of halogens is 2. The Balaban J connectivity index is 0.00000392. The molecule has 2 rings (SSSR count). The molecule has 9 heteroatoms. The Bertz CT molecular complexity index is 892. The van der Waals surface area contributed by atoms with Gasteiger partial charge in [-0.05, 0) is 30.2 Å². The Hall–Kier alpha value is -1.88. The van der Waals surface area contributed by atoms with E-state index in [-0.39, 0.29) is 42.0 Å². The van der Waals surface area contributed by atoms with E-state index >= 15 is 0 Å². The fourth-order valence-electron chi connectivity index (χ4n) is 2.50. The van der Waals surface area contributed by atoms with E-state index in [1.807, 2.05) is 42.3 Å². The van der Waals surface area contributed by atoms with Crippen molar-refractivity contribution in [2.24, 2.45) is 4.99 Å². The highest BCUT2D eigenvalue weighted by atomic mass is 127. The lowest BCUT2D eigenvalue weighted by atomic mass is 10.2. The minimum absolute atomic E-state index is 0. The molecule has 0 saturated heterocycles. The second kappa shape index (κ2) is 11.2. The Morgan fingerprint density at radius 1 is 1.18 bits per heavy atom. The van der Waals surface area contributed by atoms with Crippen LogP contribution >= 0.6 is 24.0 Å². The van der Waals surface area contributed by atoms with Crippen LogP contribution in [0.4, 0.5) is 10.1 Å². The summed E-state index contributed by atoms with van der Waals surface area (Å²) in [5.74, 6) is -0.0209. The number of guanidine groups is 1. The first-order valence-electron chi connectivity index (χ1n) is 8.53. The molecule has 0 spiro atoms. The summed E-state index contributed by atoms with van der Waals surface area (Å²) < 4.78 is 40.3. The maximum atomic E-state index is 13.6. The summed E-state index contributed by atoms with van der Waals surface area (Å²) >= 11 is 0. The molecule has 0 fully saturated rings. The first kappa shape index (κ1) is 24.2. The van der Waals surface area contributed by atoms with Crippen LogP contribution in [0.5, 0.6) is 0 Å². The van der Waals surface area contributed by atoms with Crippen molar-refractivity contribution in [3.8, 4) is 0 Å². The molecular weight excluding hydrogens is 494 g/mol. The van der Waals surface area contributed by atoms with Crippen LogP contribution in [0.3, 0.4) is 0 Å². The van der Waals surface area contributed by atoms with E-state index in [4.69, 9.17) is 0 Å². The van der Waals surface area contributed by atoms with Gasteiger partial charge in [0.2, 0.25) is 10.0 Å². The van der Waals surface area contributed by atoms with E-state index in [0.717, 1.165) is 5.56 Å². The topological polar surface area (TPSA) is 73.8 Å². The SMILES string of the molecule is CN=C(NCCS(=O)(=O)Nc1ccc(C)c(F)c1)N(C)Cc1ccccc1.I. The number of benzene rings is 2. The van der Waals surface area contributed by atoms with Crippen molar-refractivity contribution in [3.63, 3.8) is 0 Å². The predicted octanol–water partition coefficient (Wildman–Crippen LogP) is 3.20. The normalized spacial score (nSPS) is 11.5. The smallest absolute Gasteiger partial charge is 0.234 e. The summed E-state index contributed by atoms with van der Waals surface area (Å²) in [6, 6.07) is 14.2. The van der Waals surface area contributed by atoms with Crippen molar-refractivity contribution < 1.29 is 12.8 Å². The second-order valence-electron chi connectivity index (χ2n) is 6.20. The molecule has 2 aromatic rings. The quantitative estimate of drug-likeness (QED) is 0.334. The Morgan fingerprint density at radius 2 is 1.86 bits per heavy atom. The van der Waals surface area contributed by atoms with E-state index in [1.54, 1.807) is 14.0 Å². The molecule has 0 aromatic heterocycles. The molecule has 2 aromatic carbocycles. The van der Waals surface area contributed by atoms with E-state index in [1.165, 1.54) is 18.2 Å². The summed E-state index contributed by atoms with van der Waals surface area (Å²) in [5.41, 5.74) is 1.80. The van der Waals surface area contributed by atoms with Gasteiger partial charge in [-0.25, -0.2) is 12.8 Å². The summed E-state index contributed by atoms with van der Waals surface area (Å²) in [6.45, 7) is 2.44. The average Bonchev–Trinajstić information content (AvgIpc) is 2.62. The summed E-state index contributed by atoms with van der Waals surface area (Å²) in [5, 5.41) is 3.03. The highest BCUT2D eigenvalue weighted by Crippen LogP contribution is 2.14. The van der Waals surface area contributed by atoms with Gasteiger partial charge in [0.15, 0.2) is 5.96 Å². The third-order valence-corrected chi connectivity index (χ3v) is 5.22. The molecule has 0 unspecified atom stereocenters. The van der Waals surface area contributed by atoms with Crippen LogP contribution in [0.1, 0.15) is 11.1 Å². The van der Waals surface area contributed by atoms with Crippen molar-refractivity contribution in [3.05, 3.63) is 65.5 Å². The van der Waals surface area contributed by atoms with Crippen LogP contribution in [0.25, 0.3) is 0 Å². The molecule has 28 heavy (non-hydrogen) atoms. The zero-order chi connectivity index (χ0) is 19.9. The highest BCUT2D eigenvalue weighted by molar-refractivity contribution is 14.0. The molecular formula is C19H26FIN4O2S. The van der Waals surface area contributed by atoms with Gasteiger partial charge in [-0.1, -0.05) is 36.4 Å². The van der Waals surface area contributed by atoms with Crippen molar-refractivity contribution in [1.82, 2.24) is 10.2 Å². The standard InChI is InChI=1S/C19H25FN4O2S.HI/c1-15-9-10-17(13-18(15)20)23-27(25,26)12-11-22-19(21-2)24(3)14-16-7-5-4-6-8-16;/h4-10,13,23H,11-12,14H2,1-3H3,(H,21,22);1H. The molecule has 6 nitrogen and oxygen atoms in total. The number of anilines is 1. The molecule has 0 aliphatic rings. The first-order chi connectivity index (χ1) is 12.8. The van der Waals surface area contributed by atoms with E-state index in [9.17, 15) is 12.8 Å². The number of sulfonamides is 1. The van der Waals surface area contributed by atoms with Crippen LogP contribution in [0, 0.1) is 12.7 Å². The number of aryl methyl sites for hydroxylation is 1. The lowest BCUT2D eigenvalue weighted by Gasteiger charge is -2.22.